The fraction of sp³-hybridized carbons (Fsp3) is 0.333. The van der Waals surface area contributed by atoms with Gasteiger partial charge in [-0.15, -0.1) is 0 Å². The summed E-state index contributed by atoms with van der Waals surface area (Å²) >= 11 is 0. The lowest BCUT2D eigenvalue weighted by Crippen LogP contribution is -2.33. The Kier molecular flexibility index (Phi) is 5.35. The van der Waals surface area contributed by atoms with Gasteiger partial charge in [-0.05, 0) is 74.4 Å². The Labute approximate surface area is 197 Å². The molecule has 0 unspecified atom stereocenters. The number of anilines is 2. The highest BCUT2D eigenvalue weighted by atomic mass is 16.5. The molecule has 0 aromatic heterocycles. The molecule has 3 aliphatic rings. The van der Waals surface area contributed by atoms with E-state index in [4.69, 9.17) is 4.74 Å². The molecule has 4 atom stereocenters. The standard InChI is InChI=1S/C27H26N2O5/c1-14-7-8-15(2)21(9-14)28-22(30)13-34-27(33)17-5-4-6-19(11-17)29-25(31)23-18-10-16(3)20(12-18)24(23)26(29)32/h4-11,18,20,23-24H,12-13H2,1-3H3,(H,28,30)/t18-,20+,23+,24-/m0/s1. The molecule has 1 saturated heterocycles. The lowest BCUT2D eigenvalue weighted by atomic mass is 9.82. The molecule has 2 aromatic carbocycles. The number of rotatable bonds is 5. The van der Waals surface area contributed by atoms with Crippen molar-refractivity contribution in [3.05, 3.63) is 70.8 Å². The maximum atomic E-state index is 13.2. The predicted molar refractivity (Wildman–Crippen MR) is 126 cm³/mol. The summed E-state index contributed by atoms with van der Waals surface area (Å²) in [6.07, 6.45) is 2.99. The highest BCUT2D eigenvalue weighted by Gasteiger charge is 2.60. The predicted octanol–water partition coefficient (Wildman–Crippen LogP) is 3.80. The second-order valence-electron chi connectivity index (χ2n) is 9.47. The SMILES string of the molecule is CC1=C[C@H]2C[C@H]1[C@@H]1C(=O)N(c3cccc(C(=O)OCC(=O)Nc4cc(C)ccc4C)c3)C(=O)[C@@H]12. The van der Waals surface area contributed by atoms with Crippen LogP contribution in [0.1, 0.15) is 34.8 Å². The minimum absolute atomic E-state index is 0.111. The van der Waals surface area contributed by atoms with Crippen LogP contribution in [0.25, 0.3) is 0 Å². The molecule has 34 heavy (non-hydrogen) atoms. The normalized spacial score (nSPS) is 24.8. The lowest BCUT2D eigenvalue weighted by molar-refractivity contribution is -0.123. The van der Waals surface area contributed by atoms with Crippen LogP contribution in [0.5, 0.6) is 0 Å². The van der Waals surface area contributed by atoms with E-state index in [2.05, 4.69) is 11.4 Å². The van der Waals surface area contributed by atoms with Crippen molar-refractivity contribution in [2.45, 2.75) is 27.2 Å². The third kappa shape index (κ3) is 3.61. The zero-order valence-corrected chi connectivity index (χ0v) is 19.3. The van der Waals surface area contributed by atoms with E-state index in [0.717, 1.165) is 17.5 Å². The number of nitrogens with zero attached hydrogens (tertiary/aromatic N) is 1. The molecule has 2 bridgehead atoms. The number of carbonyl (C=O) groups excluding carboxylic acids is 4. The number of hydrogen-bond donors (Lipinski definition) is 1. The van der Waals surface area contributed by atoms with Crippen molar-refractivity contribution in [3.8, 4) is 0 Å². The van der Waals surface area contributed by atoms with Gasteiger partial charge in [0.15, 0.2) is 6.61 Å². The molecule has 2 aliphatic carbocycles. The maximum absolute atomic E-state index is 13.2. The van der Waals surface area contributed by atoms with E-state index < -0.39 is 18.5 Å². The summed E-state index contributed by atoms with van der Waals surface area (Å²) < 4.78 is 5.19. The largest absolute Gasteiger partial charge is 0.452 e. The van der Waals surface area contributed by atoms with Crippen LogP contribution in [0.3, 0.4) is 0 Å². The number of fused-ring (bicyclic) bond motifs is 5. The summed E-state index contributed by atoms with van der Waals surface area (Å²) in [4.78, 5) is 52.4. The summed E-state index contributed by atoms with van der Waals surface area (Å²) in [5.74, 6) is -1.94. The molecule has 1 heterocycles. The topological polar surface area (TPSA) is 92.8 Å². The van der Waals surface area contributed by atoms with Crippen molar-refractivity contribution >= 4 is 35.1 Å². The van der Waals surface area contributed by atoms with E-state index >= 15 is 0 Å². The highest BCUT2D eigenvalue weighted by molar-refractivity contribution is 6.23. The maximum Gasteiger partial charge on any atom is 0.338 e. The quantitative estimate of drug-likeness (QED) is 0.418. The highest BCUT2D eigenvalue weighted by Crippen LogP contribution is 2.55. The summed E-state index contributed by atoms with van der Waals surface area (Å²) in [7, 11) is 0. The second kappa shape index (κ2) is 8.24. The molecule has 7 heteroatoms. The Hall–Kier alpha value is -3.74. The Bertz CT molecular complexity index is 1260. The minimum atomic E-state index is -0.699. The number of hydrogen-bond acceptors (Lipinski definition) is 5. The molecule has 1 aliphatic heterocycles. The molecule has 1 saturated carbocycles. The number of ether oxygens (including phenoxy) is 1. The molecule has 2 fully saturated rings. The molecule has 1 N–H and O–H groups in total. The van der Waals surface area contributed by atoms with Crippen molar-refractivity contribution in [3.63, 3.8) is 0 Å². The second-order valence-corrected chi connectivity index (χ2v) is 9.47. The summed E-state index contributed by atoms with van der Waals surface area (Å²) in [5.41, 5.74) is 4.29. The first-order valence-electron chi connectivity index (χ1n) is 11.4. The average molecular weight is 459 g/mol. The molecular formula is C27H26N2O5. The van der Waals surface area contributed by atoms with Crippen LogP contribution in [0.15, 0.2) is 54.1 Å². The number of imide groups is 1. The first kappa shape index (κ1) is 22.1. The van der Waals surface area contributed by atoms with Gasteiger partial charge in [0.1, 0.15) is 0 Å². The van der Waals surface area contributed by atoms with Crippen LogP contribution in [-0.4, -0.2) is 30.3 Å². The van der Waals surface area contributed by atoms with Crippen molar-refractivity contribution in [2.24, 2.45) is 23.7 Å². The van der Waals surface area contributed by atoms with Crippen LogP contribution < -0.4 is 10.2 Å². The molecule has 5 rings (SSSR count). The van der Waals surface area contributed by atoms with Gasteiger partial charge in [-0.3, -0.25) is 14.4 Å². The van der Waals surface area contributed by atoms with Gasteiger partial charge in [0.2, 0.25) is 11.8 Å². The molecular weight excluding hydrogens is 432 g/mol. The Morgan fingerprint density at radius 2 is 1.79 bits per heavy atom. The van der Waals surface area contributed by atoms with Gasteiger partial charge in [-0.25, -0.2) is 9.69 Å². The van der Waals surface area contributed by atoms with Crippen LogP contribution >= 0.6 is 0 Å². The third-order valence-corrected chi connectivity index (χ3v) is 7.22. The van der Waals surface area contributed by atoms with Crippen LogP contribution in [0.2, 0.25) is 0 Å². The number of allylic oxidation sites excluding steroid dienone is 2. The van der Waals surface area contributed by atoms with Crippen molar-refractivity contribution in [1.82, 2.24) is 0 Å². The summed E-state index contributed by atoms with van der Waals surface area (Å²) in [6.45, 7) is 5.38. The summed E-state index contributed by atoms with van der Waals surface area (Å²) in [6, 6.07) is 12.0. The van der Waals surface area contributed by atoms with E-state index in [-0.39, 0.29) is 41.0 Å². The number of esters is 1. The number of carbonyl (C=O) groups is 4. The van der Waals surface area contributed by atoms with Crippen LogP contribution in [-0.2, 0) is 19.1 Å². The van der Waals surface area contributed by atoms with Gasteiger partial charge in [-0.2, -0.15) is 0 Å². The Morgan fingerprint density at radius 1 is 1.03 bits per heavy atom. The van der Waals surface area contributed by atoms with Crippen LogP contribution in [0.4, 0.5) is 11.4 Å². The smallest absolute Gasteiger partial charge is 0.338 e. The van der Waals surface area contributed by atoms with Gasteiger partial charge in [0.25, 0.3) is 5.91 Å². The Morgan fingerprint density at radius 3 is 2.59 bits per heavy atom. The van der Waals surface area contributed by atoms with Gasteiger partial charge in [0.05, 0.1) is 23.1 Å². The number of aryl methyl sites for hydroxylation is 2. The van der Waals surface area contributed by atoms with E-state index in [1.165, 1.54) is 22.6 Å². The minimum Gasteiger partial charge on any atom is -0.452 e. The van der Waals surface area contributed by atoms with Crippen molar-refractivity contribution in [1.29, 1.82) is 0 Å². The van der Waals surface area contributed by atoms with E-state index in [1.54, 1.807) is 12.1 Å². The molecule has 0 spiro atoms. The molecule has 7 nitrogen and oxygen atoms in total. The first-order valence-corrected chi connectivity index (χ1v) is 11.4. The van der Waals surface area contributed by atoms with Gasteiger partial charge in [-0.1, -0.05) is 29.8 Å². The zero-order chi connectivity index (χ0) is 24.1. The van der Waals surface area contributed by atoms with E-state index in [1.807, 2.05) is 39.0 Å². The Balaban J connectivity index is 1.26. The first-order chi connectivity index (χ1) is 16.2. The molecule has 3 amide bonds. The lowest BCUT2D eigenvalue weighted by Gasteiger charge is -2.19. The summed E-state index contributed by atoms with van der Waals surface area (Å²) in [5, 5.41) is 2.75. The average Bonchev–Trinajstić information content (AvgIpc) is 3.45. The van der Waals surface area contributed by atoms with E-state index in [9.17, 15) is 19.2 Å². The fourth-order valence-corrected chi connectivity index (χ4v) is 5.57. The third-order valence-electron chi connectivity index (χ3n) is 7.22. The molecule has 2 aromatic rings. The monoisotopic (exact) mass is 458 g/mol. The van der Waals surface area contributed by atoms with Crippen molar-refractivity contribution < 1.29 is 23.9 Å². The van der Waals surface area contributed by atoms with Crippen molar-refractivity contribution in [2.75, 3.05) is 16.8 Å². The number of benzene rings is 2. The van der Waals surface area contributed by atoms with Gasteiger partial charge < -0.3 is 10.1 Å². The number of nitrogens with one attached hydrogen (secondary N) is 1. The molecule has 0 radical (unpaired) electrons. The fourth-order valence-electron chi connectivity index (χ4n) is 5.57. The van der Waals surface area contributed by atoms with Crippen LogP contribution in [0, 0.1) is 37.5 Å². The van der Waals surface area contributed by atoms with Gasteiger partial charge in [0, 0.05) is 5.69 Å². The van der Waals surface area contributed by atoms with E-state index in [0.29, 0.717) is 11.4 Å². The zero-order valence-electron chi connectivity index (χ0n) is 19.3. The van der Waals surface area contributed by atoms with Gasteiger partial charge >= 0.3 is 5.97 Å². The molecule has 174 valence electrons. The number of amides is 3.